The van der Waals surface area contributed by atoms with E-state index in [1.54, 1.807) is 26.4 Å². The van der Waals surface area contributed by atoms with Gasteiger partial charge in [-0.15, -0.1) is 0 Å². The van der Waals surface area contributed by atoms with E-state index in [-0.39, 0.29) is 11.3 Å². The average molecular weight is 278 g/mol. The molecule has 1 amide bonds. The van der Waals surface area contributed by atoms with Crippen molar-refractivity contribution in [3.63, 3.8) is 0 Å². The van der Waals surface area contributed by atoms with Gasteiger partial charge in [0.2, 0.25) is 5.91 Å². The van der Waals surface area contributed by atoms with E-state index in [4.69, 9.17) is 9.47 Å². The molecule has 0 spiro atoms. The highest BCUT2D eigenvalue weighted by Gasteiger charge is 2.34. The normalized spacial score (nSPS) is 17.4. The van der Waals surface area contributed by atoms with E-state index in [1.807, 2.05) is 13.0 Å². The van der Waals surface area contributed by atoms with Crippen LogP contribution < -0.4 is 20.1 Å². The van der Waals surface area contributed by atoms with Crippen LogP contribution in [-0.4, -0.2) is 33.2 Å². The molecule has 1 fully saturated rings. The van der Waals surface area contributed by atoms with Crippen LogP contribution in [0.25, 0.3) is 0 Å². The SMILES string of the molecule is COc1ccc(NC(=O)C2(C)CCNCC2)cc1OC. The molecule has 0 aromatic heterocycles. The van der Waals surface area contributed by atoms with Gasteiger partial charge in [0, 0.05) is 17.2 Å². The molecule has 0 atom stereocenters. The van der Waals surface area contributed by atoms with Crippen molar-refractivity contribution >= 4 is 11.6 Å². The molecule has 5 heteroatoms. The minimum Gasteiger partial charge on any atom is -0.493 e. The highest BCUT2D eigenvalue weighted by atomic mass is 16.5. The van der Waals surface area contributed by atoms with Crippen LogP contribution in [0.5, 0.6) is 11.5 Å². The van der Waals surface area contributed by atoms with Gasteiger partial charge in [0.15, 0.2) is 11.5 Å². The third kappa shape index (κ3) is 3.04. The summed E-state index contributed by atoms with van der Waals surface area (Å²) in [4.78, 5) is 12.4. The Morgan fingerprint density at radius 3 is 2.45 bits per heavy atom. The molecule has 1 aliphatic rings. The quantitative estimate of drug-likeness (QED) is 0.885. The molecule has 1 aromatic rings. The number of benzene rings is 1. The summed E-state index contributed by atoms with van der Waals surface area (Å²) >= 11 is 0. The summed E-state index contributed by atoms with van der Waals surface area (Å²) in [6, 6.07) is 5.39. The van der Waals surface area contributed by atoms with Crippen LogP contribution >= 0.6 is 0 Å². The Bertz CT molecular complexity index is 482. The lowest BCUT2D eigenvalue weighted by molar-refractivity contribution is -0.126. The minimum absolute atomic E-state index is 0.0613. The molecule has 0 aliphatic carbocycles. The standard InChI is InChI=1S/C15H22N2O3/c1-15(6-8-16-9-7-15)14(18)17-11-4-5-12(19-2)13(10-11)20-3/h4-5,10,16H,6-9H2,1-3H3,(H,17,18). The summed E-state index contributed by atoms with van der Waals surface area (Å²) < 4.78 is 10.4. The van der Waals surface area contributed by atoms with Crippen LogP contribution in [0.2, 0.25) is 0 Å². The monoisotopic (exact) mass is 278 g/mol. The Balaban J connectivity index is 2.11. The van der Waals surface area contributed by atoms with Gasteiger partial charge in [-0.1, -0.05) is 6.92 Å². The first kappa shape index (κ1) is 14.7. The highest BCUT2D eigenvalue weighted by Crippen LogP contribution is 2.32. The van der Waals surface area contributed by atoms with Gasteiger partial charge in [0.25, 0.3) is 0 Å². The molecule has 1 aliphatic heterocycles. The molecule has 0 bridgehead atoms. The van der Waals surface area contributed by atoms with Crippen LogP contribution in [0.3, 0.4) is 0 Å². The number of rotatable bonds is 4. The van der Waals surface area contributed by atoms with Gasteiger partial charge in [0.05, 0.1) is 14.2 Å². The van der Waals surface area contributed by atoms with E-state index in [2.05, 4.69) is 10.6 Å². The predicted molar refractivity (Wildman–Crippen MR) is 78.4 cm³/mol. The Kier molecular flexibility index (Phi) is 4.49. The van der Waals surface area contributed by atoms with Crippen molar-refractivity contribution < 1.29 is 14.3 Å². The van der Waals surface area contributed by atoms with Crippen LogP contribution in [0.1, 0.15) is 19.8 Å². The zero-order chi connectivity index (χ0) is 14.6. The Morgan fingerprint density at radius 1 is 1.20 bits per heavy atom. The topological polar surface area (TPSA) is 59.6 Å². The number of anilines is 1. The summed E-state index contributed by atoms with van der Waals surface area (Å²) in [5, 5.41) is 6.25. The summed E-state index contributed by atoms with van der Waals surface area (Å²) in [6.45, 7) is 3.79. The van der Waals surface area contributed by atoms with Crippen LogP contribution in [0.4, 0.5) is 5.69 Å². The van der Waals surface area contributed by atoms with Gasteiger partial charge < -0.3 is 20.1 Å². The average Bonchev–Trinajstić information content (AvgIpc) is 2.47. The molecule has 1 saturated heterocycles. The number of carbonyl (C=O) groups is 1. The summed E-state index contributed by atoms with van der Waals surface area (Å²) in [7, 11) is 3.17. The van der Waals surface area contributed by atoms with Crippen LogP contribution in [-0.2, 0) is 4.79 Å². The number of hydrogen-bond acceptors (Lipinski definition) is 4. The number of hydrogen-bond donors (Lipinski definition) is 2. The fourth-order valence-corrected chi connectivity index (χ4v) is 2.40. The second-order valence-corrected chi connectivity index (χ2v) is 5.33. The number of amides is 1. The van der Waals surface area contributed by atoms with Crippen molar-refractivity contribution in [3.05, 3.63) is 18.2 Å². The lowest BCUT2D eigenvalue weighted by Crippen LogP contribution is -2.42. The van der Waals surface area contributed by atoms with Crippen LogP contribution in [0.15, 0.2) is 18.2 Å². The molecule has 0 radical (unpaired) electrons. The van der Waals surface area contributed by atoms with E-state index in [9.17, 15) is 4.79 Å². The number of piperidine rings is 1. The van der Waals surface area contributed by atoms with Crippen molar-refractivity contribution in [2.24, 2.45) is 5.41 Å². The fraction of sp³-hybridized carbons (Fsp3) is 0.533. The van der Waals surface area contributed by atoms with E-state index >= 15 is 0 Å². The molecule has 1 heterocycles. The molecular weight excluding hydrogens is 256 g/mol. The number of ether oxygens (including phenoxy) is 2. The molecule has 2 N–H and O–H groups in total. The van der Waals surface area contributed by atoms with Gasteiger partial charge >= 0.3 is 0 Å². The molecule has 1 aromatic carbocycles. The summed E-state index contributed by atoms with van der Waals surface area (Å²) in [5.41, 5.74) is 0.422. The minimum atomic E-state index is -0.307. The van der Waals surface area contributed by atoms with Crippen LogP contribution in [0, 0.1) is 5.41 Å². The zero-order valence-electron chi connectivity index (χ0n) is 12.3. The second-order valence-electron chi connectivity index (χ2n) is 5.33. The maximum atomic E-state index is 12.4. The summed E-state index contributed by atoms with van der Waals surface area (Å²) in [6.07, 6.45) is 1.71. The first-order valence-electron chi connectivity index (χ1n) is 6.83. The van der Waals surface area contributed by atoms with Gasteiger partial charge in [-0.05, 0) is 38.1 Å². The molecule has 20 heavy (non-hydrogen) atoms. The molecule has 0 saturated carbocycles. The maximum absolute atomic E-state index is 12.4. The molecule has 0 unspecified atom stereocenters. The van der Waals surface area contributed by atoms with Gasteiger partial charge in [-0.25, -0.2) is 0 Å². The third-order valence-electron chi connectivity index (χ3n) is 3.90. The van der Waals surface area contributed by atoms with Crippen molar-refractivity contribution in [2.45, 2.75) is 19.8 Å². The Labute approximate surface area is 119 Å². The molecular formula is C15H22N2O3. The Hall–Kier alpha value is -1.75. The van der Waals surface area contributed by atoms with Gasteiger partial charge in [0.1, 0.15) is 0 Å². The van der Waals surface area contributed by atoms with Crippen molar-refractivity contribution in [1.82, 2.24) is 5.32 Å². The first-order chi connectivity index (χ1) is 9.59. The van der Waals surface area contributed by atoms with E-state index in [0.29, 0.717) is 11.5 Å². The summed E-state index contributed by atoms with van der Waals surface area (Å²) in [5.74, 6) is 1.32. The van der Waals surface area contributed by atoms with Gasteiger partial charge in [-0.3, -0.25) is 4.79 Å². The molecule has 110 valence electrons. The zero-order valence-corrected chi connectivity index (χ0v) is 12.3. The molecule has 2 rings (SSSR count). The smallest absolute Gasteiger partial charge is 0.230 e. The highest BCUT2D eigenvalue weighted by molar-refractivity contribution is 5.95. The van der Waals surface area contributed by atoms with Crippen molar-refractivity contribution in [1.29, 1.82) is 0 Å². The fourth-order valence-electron chi connectivity index (χ4n) is 2.40. The predicted octanol–water partition coefficient (Wildman–Crippen LogP) is 2.03. The number of nitrogens with one attached hydrogen (secondary N) is 2. The Morgan fingerprint density at radius 2 is 1.85 bits per heavy atom. The van der Waals surface area contributed by atoms with Crippen molar-refractivity contribution in [3.8, 4) is 11.5 Å². The lowest BCUT2D eigenvalue weighted by Gasteiger charge is -2.32. The largest absolute Gasteiger partial charge is 0.493 e. The van der Waals surface area contributed by atoms with Gasteiger partial charge in [-0.2, -0.15) is 0 Å². The lowest BCUT2D eigenvalue weighted by atomic mass is 9.80. The van der Waals surface area contributed by atoms with E-state index in [1.165, 1.54) is 0 Å². The number of methoxy groups -OCH3 is 2. The van der Waals surface area contributed by atoms with Crippen molar-refractivity contribution in [2.75, 3.05) is 32.6 Å². The second kappa shape index (κ2) is 6.13. The van der Waals surface area contributed by atoms with E-state index in [0.717, 1.165) is 31.6 Å². The number of carbonyl (C=O) groups excluding carboxylic acids is 1. The third-order valence-corrected chi connectivity index (χ3v) is 3.90. The molecule has 5 nitrogen and oxygen atoms in total. The maximum Gasteiger partial charge on any atom is 0.230 e. The first-order valence-corrected chi connectivity index (χ1v) is 6.83. The van der Waals surface area contributed by atoms with E-state index < -0.39 is 0 Å².